The highest BCUT2D eigenvalue weighted by Gasteiger charge is 2.18. The molecule has 0 spiro atoms. The molecule has 1 N–H and O–H groups in total. The molecule has 0 unspecified atom stereocenters. The third kappa shape index (κ3) is 3.68. The van der Waals surface area contributed by atoms with Gasteiger partial charge in [-0.15, -0.1) is 0 Å². The third-order valence-corrected chi connectivity index (χ3v) is 3.34. The zero-order valence-electron chi connectivity index (χ0n) is 11.5. The summed E-state index contributed by atoms with van der Waals surface area (Å²) in [6.45, 7) is 4.99. The molecule has 1 aliphatic heterocycles. The molecule has 1 aromatic heterocycles. The first-order valence-electron chi connectivity index (χ1n) is 6.66. The van der Waals surface area contributed by atoms with Gasteiger partial charge in [0, 0.05) is 31.9 Å². The van der Waals surface area contributed by atoms with Gasteiger partial charge >= 0.3 is 5.97 Å². The number of aromatic nitrogens is 1. The molecule has 20 heavy (non-hydrogen) atoms. The van der Waals surface area contributed by atoms with Crippen molar-refractivity contribution in [3.05, 3.63) is 23.4 Å². The maximum Gasteiger partial charge on any atom is 0.317 e. The van der Waals surface area contributed by atoms with Crippen molar-refractivity contribution in [2.75, 3.05) is 37.6 Å². The molecule has 1 aliphatic rings. The number of carbonyl (C=O) groups is 1. The summed E-state index contributed by atoms with van der Waals surface area (Å²) in [6, 6.07) is 5.70. The lowest BCUT2D eigenvalue weighted by molar-refractivity contribution is -0.138. The Morgan fingerprint density at radius 3 is 2.90 bits per heavy atom. The van der Waals surface area contributed by atoms with Crippen molar-refractivity contribution in [3.8, 4) is 6.07 Å². The molecule has 0 radical (unpaired) electrons. The second-order valence-electron chi connectivity index (χ2n) is 4.98. The molecule has 0 bridgehead atoms. The topological polar surface area (TPSA) is 80.5 Å². The molecule has 0 amide bonds. The minimum absolute atomic E-state index is 0.0819. The van der Waals surface area contributed by atoms with Crippen LogP contribution in [0.1, 0.15) is 17.7 Å². The van der Waals surface area contributed by atoms with E-state index in [0.717, 1.165) is 37.6 Å². The smallest absolute Gasteiger partial charge is 0.317 e. The predicted molar refractivity (Wildman–Crippen MR) is 74.6 cm³/mol. The number of aryl methyl sites for hydroxylation is 1. The Kier molecular flexibility index (Phi) is 4.53. The van der Waals surface area contributed by atoms with Crippen LogP contribution in [0.15, 0.2) is 12.1 Å². The van der Waals surface area contributed by atoms with Crippen LogP contribution in [0.5, 0.6) is 0 Å². The van der Waals surface area contributed by atoms with Crippen LogP contribution in [-0.2, 0) is 4.79 Å². The van der Waals surface area contributed by atoms with Crippen LogP contribution in [0.2, 0.25) is 0 Å². The van der Waals surface area contributed by atoms with E-state index in [4.69, 9.17) is 10.4 Å². The molecule has 0 aliphatic carbocycles. The van der Waals surface area contributed by atoms with Crippen molar-refractivity contribution in [1.29, 1.82) is 5.26 Å². The van der Waals surface area contributed by atoms with Crippen LogP contribution in [0.25, 0.3) is 0 Å². The summed E-state index contributed by atoms with van der Waals surface area (Å²) in [7, 11) is 0. The van der Waals surface area contributed by atoms with Crippen molar-refractivity contribution in [3.63, 3.8) is 0 Å². The Morgan fingerprint density at radius 1 is 1.40 bits per heavy atom. The standard InChI is InChI=1S/C14H18N4O2/c1-11-7-12(9-15)8-13(16-11)18-4-2-3-17(5-6-18)10-14(19)20/h7-8H,2-6,10H2,1H3,(H,19,20). The maximum atomic E-state index is 10.8. The summed E-state index contributed by atoms with van der Waals surface area (Å²) < 4.78 is 0. The molecule has 1 saturated heterocycles. The highest BCUT2D eigenvalue weighted by Crippen LogP contribution is 2.16. The second-order valence-corrected chi connectivity index (χ2v) is 4.98. The molecule has 2 heterocycles. The average Bonchev–Trinajstić information content (AvgIpc) is 2.63. The average molecular weight is 274 g/mol. The number of nitrogens with zero attached hydrogens (tertiary/aromatic N) is 4. The van der Waals surface area contributed by atoms with Crippen molar-refractivity contribution in [1.82, 2.24) is 9.88 Å². The summed E-state index contributed by atoms with van der Waals surface area (Å²) >= 11 is 0. The van der Waals surface area contributed by atoms with Crippen LogP contribution >= 0.6 is 0 Å². The summed E-state index contributed by atoms with van der Waals surface area (Å²) in [6.07, 6.45) is 0.894. The van der Waals surface area contributed by atoms with Crippen LogP contribution in [-0.4, -0.2) is 53.7 Å². The molecule has 6 heteroatoms. The van der Waals surface area contributed by atoms with Gasteiger partial charge in [0.2, 0.25) is 0 Å². The fourth-order valence-electron chi connectivity index (χ4n) is 2.43. The molecule has 1 fully saturated rings. The lowest BCUT2D eigenvalue weighted by Crippen LogP contribution is -2.34. The van der Waals surface area contributed by atoms with Gasteiger partial charge in [0.1, 0.15) is 5.82 Å². The van der Waals surface area contributed by atoms with E-state index >= 15 is 0 Å². The zero-order valence-corrected chi connectivity index (χ0v) is 11.5. The van der Waals surface area contributed by atoms with Gasteiger partial charge in [-0.05, 0) is 25.5 Å². The Balaban J connectivity index is 2.09. The van der Waals surface area contributed by atoms with Gasteiger partial charge in [0.15, 0.2) is 0 Å². The highest BCUT2D eigenvalue weighted by molar-refractivity contribution is 5.69. The highest BCUT2D eigenvalue weighted by atomic mass is 16.4. The van der Waals surface area contributed by atoms with E-state index in [9.17, 15) is 4.79 Å². The number of hydrogen-bond acceptors (Lipinski definition) is 5. The third-order valence-electron chi connectivity index (χ3n) is 3.34. The van der Waals surface area contributed by atoms with E-state index in [1.165, 1.54) is 0 Å². The summed E-state index contributed by atoms with van der Waals surface area (Å²) in [5.41, 5.74) is 1.44. The Morgan fingerprint density at radius 2 is 2.20 bits per heavy atom. The second kappa shape index (κ2) is 6.35. The number of anilines is 1. The van der Waals surface area contributed by atoms with Crippen LogP contribution in [0, 0.1) is 18.3 Å². The van der Waals surface area contributed by atoms with E-state index in [-0.39, 0.29) is 6.54 Å². The number of carboxylic acid groups (broad SMARTS) is 1. The molecule has 1 aromatic rings. The number of aliphatic carboxylic acids is 1. The summed E-state index contributed by atoms with van der Waals surface area (Å²) in [5, 5.41) is 17.9. The van der Waals surface area contributed by atoms with Gasteiger partial charge in [-0.25, -0.2) is 4.98 Å². The fraction of sp³-hybridized carbons (Fsp3) is 0.500. The molecule has 2 rings (SSSR count). The summed E-state index contributed by atoms with van der Waals surface area (Å²) in [4.78, 5) is 19.3. The van der Waals surface area contributed by atoms with Gasteiger partial charge < -0.3 is 10.0 Å². The van der Waals surface area contributed by atoms with Crippen LogP contribution < -0.4 is 4.90 Å². The summed E-state index contributed by atoms with van der Waals surface area (Å²) in [5.74, 6) is 0.0117. The number of nitriles is 1. The van der Waals surface area contributed by atoms with E-state index in [1.807, 2.05) is 11.8 Å². The Hall–Kier alpha value is -2.13. The van der Waals surface area contributed by atoms with Crippen LogP contribution in [0.4, 0.5) is 5.82 Å². The molecular formula is C14H18N4O2. The van der Waals surface area contributed by atoms with Gasteiger partial charge in [-0.1, -0.05) is 0 Å². The molecule has 0 saturated carbocycles. The Bertz CT molecular complexity index is 538. The van der Waals surface area contributed by atoms with Crippen LogP contribution in [0.3, 0.4) is 0 Å². The first-order chi connectivity index (χ1) is 9.58. The van der Waals surface area contributed by atoms with Gasteiger partial charge in [-0.3, -0.25) is 9.69 Å². The maximum absolute atomic E-state index is 10.8. The normalized spacial score (nSPS) is 16.5. The monoisotopic (exact) mass is 274 g/mol. The van der Waals surface area contributed by atoms with Gasteiger partial charge in [-0.2, -0.15) is 5.26 Å². The quantitative estimate of drug-likeness (QED) is 0.880. The minimum atomic E-state index is -0.793. The van der Waals surface area contributed by atoms with Crippen molar-refractivity contribution in [2.45, 2.75) is 13.3 Å². The van der Waals surface area contributed by atoms with Crippen molar-refractivity contribution < 1.29 is 9.90 Å². The van der Waals surface area contributed by atoms with Gasteiger partial charge in [0.25, 0.3) is 0 Å². The lowest BCUT2D eigenvalue weighted by Gasteiger charge is -2.22. The largest absolute Gasteiger partial charge is 0.480 e. The van der Waals surface area contributed by atoms with Gasteiger partial charge in [0.05, 0.1) is 18.2 Å². The fourth-order valence-corrected chi connectivity index (χ4v) is 2.43. The molecule has 0 atom stereocenters. The lowest BCUT2D eigenvalue weighted by atomic mass is 10.2. The van der Waals surface area contributed by atoms with E-state index in [1.54, 1.807) is 12.1 Å². The molecule has 6 nitrogen and oxygen atoms in total. The number of pyridine rings is 1. The SMILES string of the molecule is Cc1cc(C#N)cc(N2CCCN(CC(=O)O)CC2)n1. The predicted octanol–water partition coefficient (Wildman–Crippen LogP) is 0.858. The first kappa shape index (κ1) is 14.3. The number of carboxylic acids is 1. The van der Waals surface area contributed by atoms with Crippen molar-refractivity contribution >= 4 is 11.8 Å². The first-order valence-corrected chi connectivity index (χ1v) is 6.66. The van der Waals surface area contributed by atoms with Crippen molar-refractivity contribution in [2.24, 2.45) is 0 Å². The molecular weight excluding hydrogens is 256 g/mol. The number of hydrogen-bond donors (Lipinski definition) is 1. The Labute approximate surface area is 118 Å². The minimum Gasteiger partial charge on any atom is -0.480 e. The van der Waals surface area contributed by atoms with E-state index in [2.05, 4.69) is 16.0 Å². The zero-order chi connectivity index (χ0) is 14.5. The molecule has 106 valence electrons. The molecule has 0 aromatic carbocycles. The number of rotatable bonds is 3. The van der Waals surface area contributed by atoms with E-state index < -0.39 is 5.97 Å². The van der Waals surface area contributed by atoms with E-state index in [0.29, 0.717) is 12.1 Å².